The minimum atomic E-state index is -0.819. The highest BCUT2D eigenvalue weighted by Crippen LogP contribution is 2.46. The highest BCUT2D eigenvalue weighted by molar-refractivity contribution is 5.85. The van der Waals surface area contributed by atoms with Crippen LogP contribution in [0.2, 0.25) is 0 Å². The van der Waals surface area contributed by atoms with Crippen LogP contribution in [-0.4, -0.2) is 18.6 Å². The van der Waals surface area contributed by atoms with Gasteiger partial charge in [0, 0.05) is 0 Å². The first-order valence-electron chi connectivity index (χ1n) is 6.50. The van der Waals surface area contributed by atoms with E-state index in [1.54, 1.807) is 18.2 Å². The molecule has 1 aromatic carbocycles. The normalized spacial score (nSPS) is 25.1. The molecule has 104 valence electrons. The van der Waals surface area contributed by atoms with Crippen molar-refractivity contribution in [2.24, 2.45) is 5.41 Å². The first-order valence-corrected chi connectivity index (χ1v) is 6.50. The second-order valence-electron chi connectivity index (χ2n) is 6.02. The fraction of sp³-hybridized carbons (Fsp3) is 0.533. The molecule has 0 bridgehead atoms. The molecule has 1 unspecified atom stereocenters. The van der Waals surface area contributed by atoms with E-state index in [-0.39, 0.29) is 17.2 Å². The Morgan fingerprint density at radius 1 is 1.32 bits per heavy atom. The lowest BCUT2D eigenvalue weighted by Crippen LogP contribution is -2.45. The van der Waals surface area contributed by atoms with Crippen molar-refractivity contribution >= 4 is 11.7 Å². The Kier molecular flexibility index (Phi) is 3.52. The number of hydrogen-bond acceptors (Lipinski definition) is 3. The lowest BCUT2D eigenvalue weighted by Gasteiger charge is -2.30. The second kappa shape index (κ2) is 4.83. The van der Waals surface area contributed by atoms with Crippen LogP contribution in [0.25, 0.3) is 0 Å². The summed E-state index contributed by atoms with van der Waals surface area (Å²) in [5.74, 6) is -0.670. The van der Waals surface area contributed by atoms with Crippen molar-refractivity contribution in [1.82, 2.24) is 0 Å². The monoisotopic (exact) mass is 265 g/mol. The Balaban J connectivity index is 2.31. The predicted octanol–water partition coefficient (Wildman–Crippen LogP) is 3.36. The highest BCUT2D eigenvalue weighted by atomic mass is 19.1. The van der Waals surface area contributed by atoms with E-state index in [0.717, 1.165) is 6.42 Å². The van der Waals surface area contributed by atoms with Crippen LogP contribution in [-0.2, 0) is 9.53 Å². The Hall–Kier alpha value is -1.58. The van der Waals surface area contributed by atoms with E-state index in [2.05, 4.69) is 19.2 Å². The van der Waals surface area contributed by atoms with Gasteiger partial charge in [-0.05, 0) is 36.8 Å². The quantitative estimate of drug-likeness (QED) is 0.852. The third-order valence-electron chi connectivity index (χ3n) is 3.83. The van der Waals surface area contributed by atoms with E-state index in [1.807, 2.05) is 0 Å². The van der Waals surface area contributed by atoms with Crippen molar-refractivity contribution in [3.05, 3.63) is 30.1 Å². The molecule has 19 heavy (non-hydrogen) atoms. The van der Waals surface area contributed by atoms with Crippen LogP contribution < -0.4 is 5.32 Å². The van der Waals surface area contributed by atoms with Gasteiger partial charge in [0.1, 0.15) is 11.4 Å². The molecule has 1 N–H and O–H groups in total. The van der Waals surface area contributed by atoms with E-state index >= 15 is 0 Å². The van der Waals surface area contributed by atoms with Crippen molar-refractivity contribution < 1.29 is 13.9 Å². The third kappa shape index (κ3) is 2.72. The van der Waals surface area contributed by atoms with Crippen LogP contribution in [0.4, 0.5) is 10.1 Å². The standard InChI is InChI=1S/C15H20FNO2/c1-14(2)8-9-15(10-14,13(18)19-3)17-12-7-5-4-6-11(12)16/h4-7,17H,8-10H2,1-3H3. The third-order valence-corrected chi connectivity index (χ3v) is 3.83. The summed E-state index contributed by atoms with van der Waals surface area (Å²) in [6, 6.07) is 6.40. The van der Waals surface area contributed by atoms with Crippen molar-refractivity contribution in [3.63, 3.8) is 0 Å². The van der Waals surface area contributed by atoms with Crippen molar-refractivity contribution in [1.29, 1.82) is 0 Å². The average Bonchev–Trinajstić information content (AvgIpc) is 2.68. The molecule has 1 fully saturated rings. The number of hydrogen-bond donors (Lipinski definition) is 1. The number of benzene rings is 1. The molecule has 1 saturated carbocycles. The summed E-state index contributed by atoms with van der Waals surface area (Å²) in [7, 11) is 1.37. The Labute approximate surface area is 113 Å². The summed E-state index contributed by atoms with van der Waals surface area (Å²) < 4.78 is 18.7. The summed E-state index contributed by atoms with van der Waals surface area (Å²) >= 11 is 0. The molecular weight excluding hydrogens is 245 g/mol. The molecule has 1 atom stereocenters. The largest absolute Gasteiger partial charge is 0.467 e. The molecule has 1 aliphatic rings. The van der Waals surface area contributed by atoms with E-state index in [0.29, 0.717) is 18.5 Å². The number of carbonyl (C=O) groups is 1. The van der Waals surface area contributed by atoms with Crippen LogP contribution in [0.1, 0.15) is 33.1 Å². The second-order valence-corrected chi connectivity index (χ2v) is 6.02. The lowest BCUT2D eigenvalue weighted by atomic mass is 9.87. The van der Waals surface area contributed by atoms with Gasteiger partial charge in [-0.1, -0.05) is 26.0 Å². The maximum Gasteiger partial charge on any atom is 0.331 e. The molecule has 4 heteroatoms. The Morgan fingerprint density at radius 2 is 2.00 bits per heavy atom. The molecular formula is C15H20FNO2. The van der Waals surface area contributed by atoms with E-state index in [4.69, 9.17) is 4.74 Å². The average molecular weight is 265 g/mol. The number of rotatable bonds is 3. The van der Waals surface area contributed by atoms with Gasteiger partial charge in [0.2, 0.25) is 0 Å². The number of halogens is 1. The van der Waals surface area contributed by atoms with Gasteiger partial charge in [-0.2, -0.15) is 0 Å². The summed E-state index contributed by atoms with van der Waals surface area (Å²) in [4.78, 5) is 12.1. The maximum atomic E-state index is 13.8. The van der Waals surface area contributed by atoms with Crippen molar-refractivity contribution in [2.45, 2.75) is 38.6 Å². The number of ether oxygens (including phenoxy) is 1. The van der Waals surface area contributed by atoms with Crippen molar-refractivity contribution in [2.75, 3.05) is 12.4 Å². The maximum absolute atomic E-state index is 13.8. The van der Waals surface area contributed by atoms with Gasteiger partial charge in [0.25, 0.3) is 0 Å². The van der Waals surface area contributed by atoms with E-state index < -0.39 is 5.54 Å². The molecule has 1 aliphatic carbocycles. The predicted molar refractivity (Wildman–Crippen MR) is 72.4 cm³/mol. The zero-order chi connectivity index (χ0) is 14.1. The molecule has 0 heterocycles. The smallest absolute Gasteiger partial charge is 0.331 e. The van der Waals surface area contributed by atoms with Crippen LogP contribution >= 0.6 is 0 Å². The van der Waals surface area contributed by atoms with Gasteiger partial charge in [-0.3, -0.25) is 0 Å². The zero-order valence-electron chi connectivity index (χ0n) is 11.6. The fourth-order valence-electron chi connectivity index (χ4n) is 2.89. The van der Waals surface area contributed by atoms with Crippen LogP contribution in [0.15, 0.2) is 24.3 Å². The number of esters is 1. The molecule has 2 rings (SSSR count). The number of nitrogens with one attached hydrogen (secondary N) is 1. The van der Waals surface area contributed by atoms with Crippen LogP contribution in [0.3, 0.4) is 0 Å². The molecule has 0 aliphatic heterocycles. The molecule has 0 saturated heterocycles. The van der Waals surface area contributed by atoms with Crippen molar-refractivity contribution in [3.8, 4) is 0 Å². The fourth-order valence-corrected chi connectivity index (χ4v) is 2.89. The minimum absolute atomic E-state index is 0.0481. The Bertz CT molecular complexity index is 487. The lowest BCUT2D eigenvalue weighted by molar-refractivity contribution is -0.146. The number of para-hydroxylation sites is 1. The SMILES string of the molecule is COC(=O)C1(Nc2ccccc2F)CCC(C)(C)C1. The van der Waals surface area contributed by atoms with Gasteiger partial charge < -0.3 is 10.1 Å². The topological polar surface area (TPSA) is 38.3 Å². The molecule has 3 nitrogen and oxygen atoms in total. The number of carbonyl (C=O) groups excluding carboxylic acids is 1. The van der Waals surface area contributed by atoms with Crippen LogP contribution in [0.5, 0.6) is 0 Å². The molecule has 0 radical (unpaired) electrons. The molecule has 0 spiro atoms. The number of anilines is 1. The molecule has 1 aromatic rings. The van der Waals surface area contributed by atoms with E-state index in [1.165, 1.54) is 13.2 Å². The highest BCUT2D eigenvalue weighted by Gasteiger charge is 2.49. The van der Waals surface area contributed by atoms with Crippen LogP contribution in [0, 0.1) is 11.2 Å². The summed E-state index contributed by atoms with van der Waals surface area (Å²) in [5.41, 5.74) is -0.419. The summed E-state index contributed by atoms with van der Waals surface area (Å²) in [6.45, 7) is 4.22. The zero-order valence-corrected chi connectivity index (χ0v) is 11.6. The molecule has 0 amide bonds. The van der Waals surface area contributed by atoms with Gasteiger partial charge in [-0.15, -0.1) is 0 Å². The van der Waals surface area contributed by atoms with Gasteiger partial charge in [0.15, 0.2) is 0 Å². The first kappa shape index (κ1) is 13.8. The van der Waals surface area contributed by atoms with Gasteiger partial charge in [0.05, 0.1) is 12.8 Å². The first-order chi connectivity index (χ1) is 8.88. The summed E-state index contributed by atoms with van der Waals surface area (Å²) in [6.07, 6.45) is 2.20. The minimum Gasteiger partial charge on any atom is -0.467 e. The van der Waals surface area contributed by atoms with Gasteiger partial charge >= 0.3 is 5.97 Å². The summed E-state index contributed by atoms with van der Waals surface area (Å²) in [5, 5.41) is 3.08. The van der Waals surface area contributed by atoms with Gasteiger partial charge in [-0.25, -0.2) is 9.18 Å². The molecule has 0 aromatic heterocycles. The van der Waals surface area contributed by atoms with E-state index in [9.17, 15) is 9.18 Å². The Morgan fingerprint density at radius 3 is 2.53 bits per heavy atom. The number of methoxy groups -OCH3 is 1.